The SMILES string of the molecule is CCCCCCCCCP(O)c1ccccc1. The van der Waals surface area contributed by atoms with Crippen LogP contribution in [0.25, 0.3) is 0 Å². The molecule has 1 aromatic carbocycles. The Labute approximate surface area is 107 Å². The first-order chi connectivity index (χ1) is 8.34. The Morgan fingerprint density at radius 2 is 1.47 bits per heavy atom. The topological polar surface area (TPSA) is 20.2 Å². The molecule has 2 heteroatoms. The molecular weight excluding hydrogens is 227 g/mol. The van der Waals surface area contributed by atoms with Gasteiger partial charge in [-0.3, -0.25) is 0 Å². The van der Waals surface area contributed by atoms with Gasteiger partial charge in [-0.15, -0.1) is 0 Å². The summed E-state index contributed by atoms with van der Waals surface area (Å²) in [6.07, 6.45) is 10.2. The quantitative estimate of drug-likeness (QED) is 0.508. The van der Waals surface area contributed by atoms with Gasteiger partial charge in [0.05, 0.1) is 8.15 Å². The van der Waals surface area contributed by atoms with E-state index in [0.717, 1.165) is 11.5 Å². The summed E-state index contributed by atoms with van der Waals surface area (Å²) in [4.78, 5) is 10.0. The minimum absolute atomic E-state index is 0.903. The molecule has 1 unspecified atom stereocenters. The van der Waals surface area contributed by atoms with Crippen LogP contribution >= 0.6 is 8.15 Å². The van der Waals surface area contributed by atoms with Crippen LogP contribution < -0.4 is 5.30 Å². The van der Waals surface area contributed by atoms with Gasteiger partial charge >= 0.3 is 0 Å². The average Bonchev–Trinajstić information content (AvgIpc) is 2.38. The maximum absolute atomic E-state index is 10.0. The van der Waals surface area contributed by atoms with Crippen LogP contribution in [0.3, 0.4) is 0 Å². The van der Waals surface area contributed by atoms with Crippen molar-refractivity contribution in [2.75, 3.05) is 6.16 Å². The normalized spacial score (nSPS) is 12.6. The molecule has 0 saturated carbocycles. The fourth-order valence-corrected chi connectivity index (χ4v) is 3.25. The van der Waals surface area contributed by atoms with E-state index in [1.165, 1.54) is 44.9 Å². The van der Waals surface area contributed by atoms with Crippen molar-refractivity contribution in [1.82, 2.24) is 0 Å². The highest BCUT2D eigenvalue weighted by Crippen LogP contribution is 2.30. The van der Waals surface area contributed by atoms with Crippen molar-refractivity contribution in [2.24, 2.45) is 0 Å². The minimum atomic E-state index is -0.903. The number of benzene rings is 1. The molecule has 96 valence electrons. The lowest BCUT2D eigenvalue weighted by Gasteiger charge is -2.10. The summed E-state index contributed by atoms with van der Waals surface area (Å²) >= 11 is 0. The van der Waals surface area contributed by atoms with Crippen molar-refractivity contribution in [3.05, 3.63) is 30.3 Å². The van der Waals surface area contributed by atoms with Crippen molar-refractivity contribution in [3.8, 4) is 0 Å². The lowest BCUT2D eigenvalue weighted by Crippen LogP contribution is -2.01. The van der Waals surface area contributed by atoms with E-state index >= 15 is 0 Å². The Kier molecular flexibility index (Phi) is 8.30. The molecule has 17 heavy (non-hydrogen) atoms. The molecule has 1 nitrogen and oxygen atoms in total. The lowest BCUT2D eigenvalue weighted by atomic mass is 10.1. The summed E-state index contributed by atoms with van der Waals surface area (Å²) in [6, 6.07) is 10.1. The van der Waals surface area contributed by atoms with E-state index in [4.69, 9.17) is 0 Å². The molecule has 0 bridgehead atoms. The number of rotatable bonds is 9. The van der Waals surface area contributed by atoms with Gasteiger partial charge in [0, 0.05) is 5.30 Å². The van der Waals surface area contributed by atoms with Gasteiger partial charge in [0.2, 0.25) is 0 Å². The van der Waals surface area contributed by atoms with Gasteiger partial charge in [-0.25, -0.2) is 0 Å². The summed E-state index contributed by atoms with van der Waals surface area (Å²) in [6.45, 7) is 2.25. The molecule has 0 heterocycles. The van der Waals surface area contributed by atoms with Crippen molar-refractivity contribution in [1.29, 1.82) is 0 Å². The van der Waals surface area contributed by atoms with Gasteiger partial charge < -0.3 is 4.89 Å². The second kappa shape index (κ2) is 9.62. The van der Waals surface area contributed by atoms with Gasteiger partial charge in [-0.05, 0) is 12.6 Å². The first kappa shape index (κ1) is 14.7. The van der Waals surface area contributed by atoms with Gasteiger partial charge in [-0.1, -0.05) is 75.8 Å². The fourth-order valence-electron chi connectivity index (χ4n) is 1.95. The van der Waals surface area contributed by atoms with Crippen LogP contribution in [0, 0.1) is 0 Å². The predicted octanol–water partition coefficient (Wildman–Crippen LogP) is 4.45. The van der Waals surface area contributed by atoms with Crippen molar-refractivity contribution in [2.45, 2.75) is 51.9 Å². The lowest BCUT2D eigenvalue weighted by molar-refractivity contribution is 0.593. The van der Waals surface area contributed by atoms with Crippen molar-refractivity contribution >= 4 is 13.5 Å². The second-order valence-corrected chi connectivity index (χ2v) is 6.34. The zero-order valence-electron chi connectivity index (χ0n) is 10.9. The third-order valence-electron chi connectivity index (χ3n) is 3.03. The van der Waals surface area contributed by atoms with Crippen molar-refractivity contribution < 1.29 is 4.89 Å². The molecule has 0 radical (unpaired) electrons. The highest BCUT2D eigenvalue weighted by atomic mass is 31.1. The largest absolute Gasteiger partial charge is 0.369 e. The van der Waals surface area contributed by atoms with Gasteiger partial charge in [-0.2, -0.15) is 0 Å². The predicted molar refractivity (Wildman–Crippen MR) is 78.1 cm³/mol. The zero-order valence-corrected chi connectivity index (χ0v) is 11.8. The molecule has 1 N–H and O–H groups in total. The molecule has 0 spiro atoms. The first-order valence-corrected chi connectivity index (χ1v) is 8.34. The molecule has 0 amide bonds. The number of hydrogen-bond acceptors (Lipinski definition) is 1. The van der Waals surface area contributed by atoms with E-state index in [1.807, 2.05) is 30.3 Å². The average molecular weight is 252 g/mol. The Morgan fingerprint density at radius 3 is 2.12 bits per heavy atom. The molecule has 0 aromatic heterocycles. The van der Waals surface area contributed by atoms with E-state index in [2.05, 4.69) is 6.92 Å². The summed E-state index contributed by atoms with van der Waals surface area (Å²) < 4.78 is 0. The van der Waals surface area contributed by atoms with E-state index < -0.39 is 8.15 Å². The third-order valence-corrected chi connectivity index (χ3v) is 4.66. The Morgan fingerprint density at radius 1 is 0.882 bits per heavy atom. The molecule has 0 fully saturated rings. The smallest absolute Gasteiger partial charge is 0.0563 e. The number of hydrogen-bond donors (Lipinski definition) is 1. The van der Waals surface area contributed by atoms with Crippen LogP contribution in [0.5, 0.6) is 0 Å². The van der Waals surface area contributed by atoms with E-state index in [-0.39, 0.29) is 0 Å². The van der Waals surface area contributed by atoms with E-state index in [1.54, 1.807) is 0 Å². The molecule has 0 aliphatic heterocycles. The number of unbranched alkanes of at least 4 members (excludes halogenated alkanes) is 6. The monoisotopic (exact) mass is 252 g/mol. The standard InChI is InChI=1S/C15H25OP/c1-2-3-4-5-6-7-11-14-17(16)15-12-9-8-10-13-15/h8-10,12-13,16H,2-7,11,14H2,1H3. The fraction of sp³-hybridized carbons (Fsp3) is 0.600. The summed E-state index contributed by atoms with van der Waals surface area (Å²) in [5.74, 6) is 0. The second-order valence-electron chi connectivity index (χ2n) is 4.58. The van der Waals surface area contributed by atoms with Crippen LogP contribution in [0.2, 0.25) is 0 Å². The highest BCUT2D eigenvalue weighted by Gasteiger charge is 2.05. The van der Waals surface area contributed by atoms with Gasteiger partial charge in [0.25, 0.3) is 0 Å². The van der Waals surface area contributed by atoms with Crippen LogP contribution in [-0.4, -0.2) is 11.1 Å². The van der Waals surface area contributed by atoms with Crippen LogP contribution in [0.4, 0.5) is 0 Å². The maximum Gasteiger partial charge on any atom is 0.0563 e. The Bertz CT molecular complexity index is 274. The Hall–Kier alpha value is -0.390. The van der Waals surface area contributed by atoms with Gasteiger partial charge in [0.15, 0.2) is 0 Å². The molecule has 0 aliphatic rings. The molecule has 1 rings (SSSR count). The molecular formula is C15H25OP. The van der Waals surface area contributed by atoms with E-state index in [9.17, 15) is 4.89 Å². The van der Waals surface area contributed by atoms with Crippen LogP contribution in [-0.2, 0) is 0 Å². The first-order valence-electron chi connectivity index (χ1n) is 6.86. The summed E-state index contributed by atoms with van der Waals surface area (Å²) in [7, 11) is -0.903. The minimum Gasteiger partial charge on any atom is -0.369 e. The van der Waals surface area contributed by atoms with Gasteiger partial charge in [0.1, 0.15) is 0 Å². The maximum atomic E-state index is 10.0. The molecule has 1 atom stereocenters. The zero-order chi connectivity index (χ0) is 12.3. The van der Waals surface area contributed by atoms with E-state index in [0.29, 0.717) is 0 Å². The molecule has 1 aromatic rings. The Balaban J connectivity index is 2.03. The molecule has 0 saturated heterocycles. The summed E-state index contributed by atoms with van der Waals surface area (Å²) in [5, 5.41) is 1.12. The third kappa shape index (κ3) is 6.81. The highest BCUT2D eigenvalue weighted by molar-refractivity contribution is 7.59. The van der Waals surface area contributed by atoms with Crippen molar-refractivity contribution in [3.63, 3.8) is 0 Å². The summed E-state index contributed by atoms with van der Waals surface area (Å²) in [5.41, 5.74) is 0. The van der Waals surface area contributed by atoms with Crippen LogP contribution in [0.15, 0.2) is 30.3 Å². The molecule has 0 aliphatic carbocycles. The van der Waals surface area contributed by atoms with Crippen LogP contribution in [0.1, 0.15) is 51.9 Å².